The van der Waals surface area contributed by atoms with E-state index in [1.165, 1.54) is 5.57 Å². The van der Waals surface area contributed by atoms with Gasteiger partial charge in [-0.15, -0.1) is 0 Å². The number of aliphatic carboxylic acids is 1. The van der Waals surface area contributed by atoms with Gasteiger partial charge in [-0.25, -0.2) is 0 Å². The van der Waals surface area contributed by atoms with Gasteiger partial charge in [-0.05, 0) is 103 Å². The zero-order chi connectivity index (χ0) is 25.8. The SMILES string of the molecule is CO[C@H]1C[C@@]2(C)C(CC[C@]3(C)C2CC=C2C4[C@@H](C)[C@H](C)CCC4(C(=O)O)CC[C@]23C)C(C)(C)[C@@H]1O. The number of carboxylic acids is 1. The molecule has 35 heavy (non-hydrogen) atoms. The zero-order valence-electron chi connectivity index (χ0n) is 23.5. The first-order valence-electron chi connectivity index (χ1n) is 14.4. The van der Waals surface area contributed by atoms with E-state index in [1.54, 1.807) is 7.11 Å². The lowest BCUT2D eigenvalue weighted by Crippen LogP contribution is -2.67. The number of aliphatic hydroxyl groups is 1. The fourth-order valence-corrected chi connectivity index (χ4v) is 11.2. The molecule has 11 atom stereocenters. The number of hydrogen-bond acceptors (Lipinski definition) is 3. The average molecular weight is 487 g/mol. The second-order valence-corrected chi connectivity index (χ2v) is 14.9. The van der Waals surface area contributed by atoms with Crippen LogP contribution in [0.2, 0.25) is 0 Å². The third-order valence-electron chi connectivity index (χ3n) is 13.6. The summed E-state index contributed by atoms with van der Waals surface area (Å²) >= 11 is 0. The summed E-state index contributed by atoms with van der Waals surface area (Å²) < 4.78 is 5.90. The van der Waals surface area contributed by atoms with Gasteiger partial charge in [0, 0.05) is 7.11 Å². The van der Waals surface area contributed by atoms with Crippen molar-refractivity contribution in [2.75, 3.05) is 7.11 Å². The predicted octanol–water partition coefficient (Wildman–Crippen LogP) is 6.71. The molecule has 198 valence electrons. The van der Waals surface area contributed by atoms with Crippen molar-refractivity contribution in [1.29, 1.82) is 0 Å². The lowest BCUT2D eigenvalue weighted by molar-refractivity contribution is -0.236. The van der Waals surface area contributed by atoms with E-state index in [0.717, 1.165) is 51.4 Å². The highest BCUT2D eigenvalue weighted by atomic mass is 16.5. The summed E-state index contributed by atoms with van der Waals surface area (Å²) in [6, 6.07) is 0. The molecule has 0 aliphatic heterocycles. The van der Waals surface area contributed by atoms with E-state index in [2.05, 4.69) is 54.5 Å². The Bertz CT molecular complexity index is 923. The molecule has 4 fully saturated rings. The molecule has 0 radical (unpaired) electrons. The zero-order valence-corrected chi connectivity index (χ0v) is 23.5. The molecule has 0 bridgehead atoms. The first kappa shape index (κ1) is 25.8. The standard InChI is InChI=1S/C31H50O4/c1-18-11-14-31(26(33)34)16-15-29(6)20(24(31)19(18)2)9-10-23-28(5)17-21(35-8)25(32)27(3,4)22(28)12-13-30(23,29)7/h9,18-19,21-25,32H,10-17H2,1-8H3,(H,33,34)/t18-,19+,21+,22?,23?,24?,25-,28+,29-,30-,31?/m1/s1. The van der Waals surface area contributed by atoms with Crippen molar-refractivity contribution in [2.24, 2.45) is 56.7 Å². The van der Waals surface area contributed by atoms with Crippen molar-refractivity contribution in [3.63, 3.8) is 0 Å². The van der Waals surface area contributed by atoms with Gasteiger partial charge in [0.15, 0.2) is 0 Å². The van der Waals surface area contributed by atoms with Gasteiger partial charge in [-0.2, -0.15) is 0 Å². The predicted molar refractivity (Wildman–Crippen MR) is 139 cm³/mol. The third kappa shape index (κ3) is 3.02. The second-order valence-electron chi connectivity index (χ2n) is 14.9. The van der Waals surface area contributed by atoms with Gasteiger partial charge >= 0.3 is 5.97 Å². The van der Waals surface area contributed by atoms with E-state index in [-0.39, 0.29) is 33.7 Å². The van der Waals surface area contributed by atoms with Crippen LogP contribution in [-0.4, -0.2) is 35.5 Å². The van der Waals surface area contributed by atoms with Crippen molar-refractivity contribution in [3.05, 3.63) is 11.6 Å². The fraction of sp³-hybridized carbons (Fsp3) is 0.903. The number of carboxylic acid groups (broad SMARTS) is 1. The molecule has 4 nitrogen and oxygen atoms in total. The first-order chi connectivity index (χ1) is 16.2. The summed E-state index contributed by atoms with van der Waals surface area (Å²) in [5.41, 5.74) is 0.974. The average Bonchev–Trinajstić information content (AvgIpc) is 2.79. The number of aliphatic hydroxyl groups excluding tert-OH is 1. The van der Waals surface area contributed by atoms with Crippen LogP contribution in [0.15, 0.2) is 11.6 Å². The fourth-order valence-electron chi connectivity index (χ4n) is 11.2. The summed E-state index contributed by atoms with van der Waals surface area (Å²) in [6.07, 6.45) is 9.86. The Balaban J connectivity index is 1.62. The first-order valence-corrected chi connectivity index (χ1v) is 14.4. The number of ether oxygens (including phenoxy) is 1. The molecule has 0 aromatic rings. The minimum absolute atomic E-state index is 0.0294. The van der Waals surface area contributed by atoms with Crippen LogP contribution in [0.1, 0.15) is 99.8 Å². The highest BCUT2D eigenvalue weighted by Crippen LogP contribution is 2.75. The number of carbonyl (C=O) groups is 1. The van der Waals surface area contributed by atoms with Crippen LogP contribution in [0.5, 0.6) is 0 Å². The summed E-state index contributed by atoms with van der Waals surface area (Å²) in [4.78, 5) is 12.8. The number of methoxy groups -OCH3 is 1. The number of rotatable bonds is 2. The van der Waals surface area contributed by atoms with Gasteiger partial charge in [0.05, 0.1) is 17.6 Å². The smallest absolute Gasteiger partial charge is 0.310 e. The highest BCUT2D eigenvalue weighted by molar-refractivity contribution is 5.76. The molecule has 2 N–H and O–H groups in total. The van der Waals surface area contributed by atoms with E-state index in [1.807, 2.05) is 0 Å². The highest BCUT2D eigenvalue weighted by Gasteiger charge is 2.70. The minimum atomic E-state index is -0.584. The van der Waals surface area contributed by atoms with E-state index in [4.69, 9.17) is 4.74 Å². The van der Waals surface area contributed by atoms with Gasteiger partial charge in [0.1, 0.15) is 0 Å². The molecule has 4 saturated carbocycles. The maximum absolute atomic E-state index is 12.8. The molecule has 5 rings (SSSR count). The van der Waals surface area contributed by atoms with Crippen molar-refractivity contribution in [2.45, 2.75) is 112 Å². The minimum Gasteiger partial charge on any atom is -0.481 e. The largest absolute Gasteiger partial charge is 0.481 e. The van der Waals surface area contributed by atoms with Gasteiger partial charge in [0.25, 0.3) is 0 Å². The summed E-state index contributed by atoms with van der Waals surface area (Å²) in [5, 5.41) is 21.8. The van der Waals surface area contributed by atoms with Crippen LogP contribution in [0, 0.1) is 56.7 Å². The molecular formula is C31H50O4. The molecular weight excluding hydrogens is 436 g/mol. The van der Waals surface area contributed by atoms with Crippen LogP contribution >= 0.6 is 0 Å². The maximum atomic E-state index is 12.8. The monoisotopic (exact) mass is 486 g/mol. The molecule has 0 saturated heterocycles. The quantitative estimate of drug-likeness (QED) is 0.426. The molecule has 0 amide bonds. The number of hydrogen-bond donors (Lipinski definition) is 2. The Labute approximate surface area is 213 Å². The van der Waals surface area contributed by atoms with Crippen LogP contribution < -0.4 is 0 Å². The Morgan fingerprint density at radius 3 is 2.31 bits per heavy atom. The molecule has 0 aromatic carbocycles. The van der Waals surface area contributed by atoms with Crippen molar-refractivity contribution < 1.29 is 19.7 Å². The lowest BCUT2D eigenvalue weighted by atomic mass is 9.33. The number of allylic oxidation sites excluding steroid dienone is 2. The Kier molecular flexibility index (Phi) is 5.76. The van der Waals surface area contributed by atoms with E-state index < -0.39 is 17.5 Å². The molecule has 0 spiro atoms. The topological polar surface area (TPSA) is 66.8 Å². The Morgan fingerprint density at radius 1 is 1.00 bits per heavy atom. The van der Waals surface area contributed by atoms with Crippen LogP contribution in [-0.2, 0) is 9.53 Å². The second kappa shape index (κ2) is 7.82. The third-order valence-corrected chi connectivity index (χ3v) is 13.6. The van der Waals surface area contributed by atoms with Gasteiger partial charge in [-0.3, -0.25) is 4.79 Å². The molecule has 0 aromatic heterocycles. The van der Waals surface area contributed by atoms with E-state index >= 15 is 0 Å². The van der Waals surface area contributed by atoms with Gasteiger partial charge in [-0.1, -0.05) is 60.1 Å². The number of fused-ring (bicyclic) bond motifs is 7. The van der Waals surface area contributed by atoms with Crippen molar-refractivity contribution in [1.82, 2.24) is 0 Å². The summed E-state index contributed by atoms with van der Waals surface area (Å²) in [5.74, 6) is 1.54. The normalized spacial score (nSPS) is 55.0. The van der Waals surface area contributed by atoms with Crippen LogP contribution in [0.25, 0.3) is 0 Å². The van der Waals surface area contributed by atoms with E-state index in [0.29, 0.717) is 23.7 Å². The molecule has 4 unspecified atom stereocenters. The van der Waals surface area contributed by atoms with E-state index in [9.17, 15) is 15.0 Å². The van der Waals surface area contributed by atoms with Crippen LogP contribution in [0.3, 0.4) is 0 Å². The Hall–Kier alpha value is -0.870. The molecule has 0 heterocycles. The van der Waals surface area contributed by atoms with Crippen molar-refractivity contribution >= 4 is 5.97 Å². The van der Waals surface area contributed by atoms with Crippen LogP contribution in [0.4, 0.5) is 0 Å². The maximum Gasteiger partial charge on any atom is 0.310 e. The Morgan fingerprint density at radius 2 is 1.69 bits per heavy atom. The summed E-state index contributed by atoms with van der Waals surface area (Å²) in [7, 11) is 1.76. The van der Waals surface area contributed by atoms with Gasteiger partial charge in [0.2, 0.25) is 0 Å². The van der Waals surface area contributed by atoms with Gasteiger partial charge < -0.3 is 14.9 Å². The molecule has 5 aliphatic carbocycles. The summed E-state index contributed by atoms with van der Waals surface area (Å²) in [6.45, 7) is 16.7. The molecule has 5 aliphatic rings. The van der Waals surface area contributed by atoms with Crippen molar-refractivity contribution in [3.8, 4) is 0 Å². The molecule has 4 heteroatoms. The lowest BCUT2D eigenvalue weighted by Gasteiger charge is -2.71.